The highest BCUT2D eigenvalue weighted by Gasteiger charge is 2.11. The minimum Gasteiger partial charge on any atom is -0.459 e. The van der Waals surface area contributed by atoms with Crippen molar-refractivity contribution in [2.24, 2.45) is 5.92 Å². The van der Waals surface area contributed by atoms with Crippen LogP contribution in [0.1, 0.15) is 17.5 Å². The fourth-order valence-corrected chi connectivity index (χ4v) is 1.43. The Hall–Kier alpha value is -1.53. The van der Waals surface area contributed by atoms with E-state index < -0.39 is 0 Å². The van der Waals surface area contributed by atoms with E-state index in [1.165, 1.54) is 6.26 Å². The van der Waals surface area contributed by atoms with Gasteiger partial charge < -0.3 is 20.4 Å². The van der Waals surface area contributed by atoms with Gasteiger partial charge in [0.1, 0.15) is 0 Å². The van der Waals surface area contributed by atoms with Crippen LogP contribution in [0.4, 0.5) is 0 Å². The number of furan rings is 1. The summed E-state index contributed by atoms with van der Waals surface area (Å²) in [6.07, 6.45) is 1.44. The number of hydrogen-bond acceptors (Lipinski definition) is 4. The smallest absolute Gasteiger partial charge is 0.287 e. The van der Waals surface area contributed by atoms with Gasteiger partial charge in [0.2, 0.25) is 5.91 Å². The van der Waals surface area contributed by atoms with Crippen molar-refractivity contribution < 1.29 is 14.0 Å². The predicted octanol–water partition coefficient (Wildman–Crippen LogP) is 0.403. The van der Waals surface area contributed by atoms with E-state index in [9.17, 15) is 9.59 Å². The third-order valence-corrected chi connectivity index (χ3v) is 2.41. The summed E-state index contributed by atoms with van der Waals surface area (Å²) in [5.74, 6) is -0.130. The number of amides is 2. The summed E-state index contributed by atoms with van der Waals surface area (Å²) in [5, 5.41) is 8.32. The first-order valence-corrected chi connectivity index (χ1v) is 5.89. The Morgan fingerprint density at radius 1 is 1.32 bits per heavy atom. The van der Waals surface area contributed by atoms with Gasteiger partial charge in [-0.15, -0.1) is 12.4 Å². The molecule has 0 saturated carbocycles. The average Bonchev–Trinajstić information content (AvgIpc) is 2.88. The van der Waals surface area contributed by atoms with Crippen LogP contribution in [-0.4, -0.2) is 38.5 Å². The third kappa shape index (κ3) is 6.26. The summed E-state index contributed by atoms with van der Waals surface area (Å²) in [6, 6.07) is 3.24. The molecule has 0 aliphatic carbocycles. The molecule has 1 aromatic rings. The molecule has 0 radical (unpaired) electrons. The van der Waals surface area contributed by atoms with E-state index in [1.54, 1.807) is 19.2 Å². The Balaban J connectivity index is 0.00000324. The van der Waals surface area contributed by atoms with Crippen molar-refractivity contribution >= 4 is 24.2 Å². The maximum Gasteiger partial charge on any atom is 0.287 e. The number of halogens is 1. The van der Waals surface area contributed by atoms with Gasteiger partial charge in [-0.2, -0.15) is 0 Å². The highest BCUT2D eigenvalue weighted by atomic mass is 35.5. The van der Waals surface area contributed by atoms with E-state index >= 15 is 0 Å². The van der Waals surface area contributed by atoms with Gasteiger partial charge in [-0.3, -0.25) is 9.59 Å². The van der Waals surface area contributed by atoms with Crippen LogP contribution in [0.15, 0.2) is 22.8 Å². The lowest BCUT2D eigenvalue weighted by molar-refractivity contribution is -0.124. The Labute approximate surface area is 118 Å². The van der Waals surface area contributed by atoms with Crippen molar-refractivity contribution in [3.05, 3.63) is 24.2 Å². The quantitative estimate of drug-likeness (QED) is 0.635. The van der Waals surface area contributed by atoms with Crippen molar-refractivity contribution in [1.29, 1.82) is 0 Å². The molecule has 0 fully saturated rings. The van der Waals surface area contributed by atoms with Gasteiger partial charge in [-0.05, 0) is 19.2 Å². The highest BCUT2D eigenvalue weighted by Crippen LogP contribution is 1.98. The number of carbonyl (C=O) groups excluding carboxylic acids is 2. The standard InChI is InChI=1S/C12H19N3O3.ClH/c1-9(8-13-2)11(16)14-5-6-15-12(17)10-4-3-7-18-10;/h3-4,7,9,13H,5-6,8H2,1-2H3,(H,14,16)(H,15,17);1H. The Morgan fingerprint density at radius 2 is 2.00 bits per heavy atom. The molecule has 3 N–H and O–H groups in total. The van der Waals surface area contributed by atoms with Crippen LogP contribution in [0.3, 0.4) is 0 Å². The molecule has 1 unspecified atom stereocenters. The minimum absolute atomic E-state index is 0. The summed E-state index contributed by atoms with van der Waals surface area (Å²) < 4.78 is 4.94. The van der Waals surface area contributed by atoms with E-state index in [0.29, 0.717) is 19.6 Å². The van der Waals surface area contributed by atoms with Crippen LogP contribution in [0.25, 0.3) is 0 Å². The van der Waals surface area contributed by atoms with E-state index in [4.69, 9.17) is 4.42 Å². The van der Waals surface area contributed by atoms with Gasteiger partial charge in [-0.1, -0.05) is 6.92 Å². The summed E-state index contributed by atoms with van der Waals surface area (Å²) in [5.41, 5.74) is 0. The molecule has 1 heterocycles. The molecular formula is C12H20ClN3O3. The van der Waals surface area contributed by atoms with Crippen LogP contribution in [0, 0.1) is 5.92 Å². The molecule has 19 heavy (non-hydrogen) atoms. The van der Waals surface area contributed by atoms with Crippen LogP contribution in [0.2, 0.25) is 0 Å². The number of carbonyl (C=O) groups is 2. The SMILES string of the molecule is CNCC(C)C(=O)NCCNC(=O)c1ccco1.Cl. The molecular weight excluding hydrogens is 270 g/mol. The second kappa shape index (κ2) is 9.41. The molecule has 1 atom stereocenters. The fraction of sp³-hybridized carbons (Fsp3) is 0.500. The van der Waals surface area contributed by atoms with Crippen molar-refractivity contribution in [2.75, 3.05) is 26.7 Å². The third-order valence-electron chi connectivity index (χ3n) is 2.41. The molecule has 0 aliphatic rings. The van der Waals surface area contributed by atoms with Gasteiger partial charge in [0, 0.05) is 25.6 Å². The van der Waals surface area contributed by atoms with Gasteiger partial charge in [0.05, 0.1) is 6.26 Å². The van der Waals surface area contributed by atoms with Gasteiger partial charge in [0.15, 0.2) is 5.76 Å². The summed E-state index contributed by atoms with van der Waals surface area (Å²) in [4.78, 5) is 23.0. The normalized spacial score (nSPS) is 11.3. The van der Waals surface area contributed by atoms with E-state index in [0.717, 1.165) is 0 Å². The Kier molecular flexibility index (Phi) is 8.65. The van der Waals surface area contributed by atoms with Gasteiger partial charge >= 0.3 is 0 Å². The Morgan fingerprint density at radius 3 is 2.58 bits per heavy atom. The molecule has 7 heteroatoms. The fourth-order valence-electron chi connectivity index (χ4n) is 1.43. The zero-order valence-corrected chi connectivity index (χ0v) is 11.9. The highest BCUT2D eigenvalue weighted by molar-refractivity contribution is 5.91. The molecule has 1 rings (SSSR count). The second-order valence-corrected chi connectivity index (χ2v) is 3.98. The molecule has 6 nitrogen and oxygen atoms in total. The summed E-state index contributed by atoms with van der Waals surface area (Å²) >= 11 is 0. The first-order valence-electron chi connectivity index (χ1n) is 5.89. The van der Waals surface area contributed by atoms with Gasteiger partial charge in [-0.25, -0.2) is 0 Å². The molecule has 0 bridgehead atoms. The lowest BCUT2D eigenvalue weighted by Crippen LogP contribution is -2.39. The van der Waals surface area contributed by atoms with E-state index in [1.807, 2.05) is 6.92 Å². The summed E-state index contributed by atoms with van der Waals surface area (Å²) in [7, 11) is 1.80. The maximum atomic E-state index is 11.5. The molecule has 0 aliphatic heterocycles. The van der Waals surface area contributed by atoms with Crippen molar-refractivity contribution in [3.8, 4) is 0 Å². The monoisotopic (exact) mass is 289 g/mol. The predicted molar refractivity (Wildman–Crippen MR) is 74.4 cm³/mol. The molecule has 0 spiro atoms. The first kappa shape index (κ1) is 17.5. The second-order valence-electron chi connectivity index (χ2n) is 3.98. The van der Waals surface area contributed by atoms with Crippen molar-refractivity contribution in [2.45, 2.75) is 6.92 Å². The zero-order chi connectivity index (χ0) is 13.4. The summed E-state index contributed by atoms with van der Waals surface area (Å²) in [6.45, 7) is 3.24. The average molecular weight is 290 g/mol. The Bertz CT molecular complexity index is 382. The molecule has 2 amide bonds. The topological polar surface area (TPSA) is 83.4 Å². The number of nitrogens with one attached hydrogen (secondary N) is 3. The largest absolute Gasteiger partial charge is 0.459 e. The lowest BCUT2D eigenvalue weighted by atomic mass is 10.1. The van der Waals surface area contributed by atoms with E-state index in [2.05, 4.69) is 16.0 Å². The van der Waals surface area contributed by atoms with Crippen LogP contribution >= 0.6 is 12.4 Å². The molecule has 0 aromatic carbocycles. The molecule has 108 valence electrons. The lowest BCUT2D eigenvalue weighted by Gasteiger charge is -2.11. The first-order chi connectivity index (χ1) is 8.65. The minimum atomic E-state index is -0.280. The number of hydrogen-bond donors (Lipinski definition) is 3. The van der Waals surface area contributed by atoms with Gasteiger partial charge in [0.25, 0.3) is 5.91 Å². The van der Waals surface area contributed by atoms with Crippen molar-refractivity contribution in [1.82, 2.24) is 16.0 Å². The zero-order valence-electron chi connectivity index (χ0n) is 11.1. The van der Waals surface area contributed by atoms with Crippen molar-refractivity contribution in [3.63, 3.8) is 0 Å². The maximum absolute atomic E-state index is 11.5. The number of rotatable bonds is 7. The van der Waals surface area contributed by atoms with Crippen LogP contribution < -0.4 is 16.0 Å². The van der Waals surface area contributed by atoms with E-state index in [-0.39, 0.29) is 35.9 Å². The molecule has 0 saturated heterocycles. The van der Waals surface area contributed by atoms with Crippen LogP contribution in [0.5, 0.6) is 0 Å². The molecule has 1 aromatic heterocycles. The van der Waals surface area contributed by atoms with Crippen LogP contribution in [-0.2, 0) is 4.79 Å².